The Morgan fingerprint density at radius 1 is 1.50 bits per heavy atom. The monoisotopic (exact) mass is 197 g/mol. The first-order valence-corrected chi connectivity index (χ1v) is 4.63. The summed E-state index contributed by atoms with van der Waals surface area (Å²) in [5.41, 5.74) is 0. The van der Waals surface area contributed by atoms with Crippen molar-refractivity contribution in [1.82, 2.24) is 15.3 Å². The van der Waals surface area contributed by atoms with Gasteiger partial charge in [0, 0.05) is 19.5 Å². The summed E-state index contributed by atoms with van der Waals surface area (Å²) in [6, 6.07) is 0. The van der Waals surface area contributed by atoms with E-state index in [4.69, 9.17) is 4.74 Å². The van der Waals surface area contributed by atoms with Crippen LogP contribution in [0, 0.1) is 5.82 Å². The van der Waals surface area contributed by atoms with Gasteiger partial charge in [0.1, 0.15) is 5.82 Å². The number of ether oxygens (including phenoxy) is 1. The molecule has 1 aliphatic heterocycles. The van der Waals surface area contributed by atoms with Gasteiger partial charge in [-0.15, -0.1) is 0 Å². The lowest BCUT2D eigenvalue weighted by Gasteiger charge is -2.22. The van der Waals surface area contributed by atoms with Crippen molar-refractivity contribution in [2.45, 2.75) is 12.5 Å². The molecule has 2 rings (SSSR count). The molecule has 0 saturated carbocycles. The van der Waals surface area contributed by atoms with Crippen LogP contribution in [-0.4, -0.2) is 35.8 Å². The van der Waals surface area contributed by atoms with Crippen LogP contribution in [0.25, 0.3) is 0 Å². The highest BCUT2D eigenvalue weighted by atomic mass is 19.1. The second-order valence-electron chi connectivity index (χ2n) is 3.22. The van der Waals surface area contributed by atoms with Crippen LogP contribution in [0.3, 0.4) is 0 Å². The van der Waals surface area contributed by atoms with Crippen molar-refractivity contribution in [2.75, 3.05) is 19.7 Å². The summed E-state index contributed by atoms with van der Waals surface area (Å²) < 4.78 is 18.0. The maximum atomic E-state index is 12.5. The lowest BCUT2D eigenvalue weighted by molar-refractivity contribution is 0.0280. The van der Waals surface area contributed by atoms with Crippen molar-refractivity contribution in [1.29, 1.82) is 0 Å². The maximum Gasteiger partial charge on any atom is 0.159 e. The molecule has 14 heavy (non-hydrogen) atoms. The van der Waals surface area contributed by atoms with E-state index in [9.17, 15) is 4.39 Å². The van der Waals surface area contributed by atoms with Crippen LogP contribution in [0.2, 0.25) is 0 Å². The Hall–Kier alpha value is -1.07. The predicted octanol–water partition coefficient (Wildman–Crippen LogP) is 0.147. The third kappa shape index (κ3) is 2.46. The molecule has 1 N–H and O–H groups in total. The highest BCUT2D eigenvalue weighted by molar-refractivity contribution is 4.93. The minimum absolute atomic E-state index is 0.106. The zero-order chi connectivity index (χ0) is 9.80. The van der Waals surface area contributed by atoms with Gasteiger partial charge >= 0.3 is 0 Å². The van der Waals surface area contributed by atoms with Crippen LogP contribution >= 0.6 is 0 Å². The van der Waals surface area contributed by atoms with Gasteiger partial charge in [-0.05, 0) is 0 Å². The Bertz CT molecular complexity index is 285. The normalized spacial score (nSPS) is 22.2. The average molecular weight is 197 g/mol. The third-order valence-electron chi connectivity index (χ3n) is 2.09. The van der Waals surface area contributed by atoms with Crippen molar-refractivity contribution in [3.05, 3.63) is 24.0 Å². The molecule has 1 saturated heterocycles. The second-order valence-corrected chi connectivity index (χ2v) is 3.22. The molecule has 76 valence electrons. The lowest BCUT2D eigenvalue weighted by atomic mass is 10.2. The largest absolute Gasteiger partial charge is 0.375 e. The first kappa shape index (κ1) is 9.48. The van der Waals surface area contributed by atoms with Gasteiger partial charge in [-0.3, -0.25) is 0 Å². The van der Waals surface area contributed by atoms with Crippen molar-refractivity contribution in [2.24, 2.45) is 0 Å². The first-order valence-electron chi connectivity index (χ1n) is 4.63. The Balaban J connectivity index is 1.92. The van der Waals surface area contributed by atoms with Crippen LogP contribution in [-0.2, 0) is 11.2 Å². The summed E-state index contributed by atoms with van der Waals surface area (Å²) in [7, 11) is 0. The Labute approximate surface area is 81.5 Å². The third-order valence-corrected chi connectivity index (χ3v) is 2.09. The molecular weight excluding hydrogens is 185 g/mol. The fourth-order valence-electron chi connectivity index (χ4n) is 1.40. The minimum atomic E-state index is -0.406. The molecule has 0 spiro atoms. The highest BCUT2D eigenvalue weighted by Gasteiger charge is 2.14. The molecule has 5 heteroatoms. The molecule has 1 aromatic rings. The Morgan fingerprint density at radius 3 is 2.93 bits per heavy atom. The Kier molecular flexibility index (Phi) is 3.00. The summed E-state index contributed by atoms with van der Waals surface area (Å²) in [4.78, 5) is 7.76. The molecule has 1 aliphatic rings. The standard InChI is InChI=1S/C9H12FN3O/c10-7-4-12-9(13-5-7)3-8-6-11-1-2-14-8/h4-5,8,11H,1-3,6H2. The fraction of sp³-hybridized carbons (Fsp3) is 0.556. The molecule has 4 nitrogen and oxygen atoms in total. The van der Waals surface area contributed by atoms with E-state index in [1.807, 2.05) is 0 Å². The number of rotatable bonds is 2. The number of hydrogen-bond donors (Lipinski definition) is 1. The molecule has 2 heterocycles. The van der Waals surface area contributed by atoms with Gasteiger partial charge in [0.2, 0.25) is 0 Å². The number of hydrogen-bond acceptors (Lipinski definition) is 4. The van der Waals surface area contributed by atoms with E-state index in [1.54, 1.807) is 0 Å². The molecule has 1 unspecified atom stereocenters. The van der Waals surface area contributed by atoms with Crippen molar-refractivity contribution < 1.29 is 9.13 Å². The molecule has 0 aliphatic carbocycles. The quantitative estimate of drug-likeness (QED) is 0.733. The zero-order valence-corrected chi connectivity index (χ0v) is 7.74. The molecule has 0 radical (unpaired) electrons. The van der Waals surface area contributed by atoms with Crippen LogP contribution in [0.5, 0.6) is 0 Å². The molecule has 1 fully saturated rings. The summed E-state index contributed by atoms with van der Waals surface area (Å²) >= 11 is 0. The van der Waals surface area contributed by atoms with Gasteiger partial charge in [-0.2, -0.15) is 0 Å². The molecule has 0 bridgehead atoms. The van der Waals surface area contributed by atoms with E-state index in [-0.39, 0.29) is 6.10 Å². The number of aromatic nitrogens is 2. The van der Waals surface area contributed by atoms with Crippen LogP contribution < -0.4 is 5.32 Å². The SMILES string of the molecule is Fc1cnc(CC2CNCCO2)nc1. The lowest BCUT2D eigenvalue weighted by Crippen LogP contribution is -2.39. The Morgan fingerprint density at radius 2 is 2.29 bits per heavy atom. The van der Waals surface area contributed by atoms with Gasteiger partial charge in [-0.25, -0.2) is 14.4 Å². The zero-order valence-electron chi connectivity index (χ0n) is 7.74. The number of nitrogens with zero attached hydrogens (tertiary/aromatic N) is 2. The van der Waals surface area contributed by atoms with E-state index in [1.165, 1.54) is 12.4 Å². The minimum Gasteiger partial charge on any atom is -0.375 e. The second kappa shape index (κ2) is 4.43. The molecular formula is C9H12FN3O. The van der Waals surface area contributed by atoms with Crippen LogP contribution in [0.4, 0.5) is 4.39 Å². The number of halogens is 1. The maximum absolute atomic E-state index is 12.5. The van der Waals surface area contributed by atoms with Gasteiger partial charge in [0.15, 0.2) is 5.82 Å². The number of morpholine rings is 1. The highest BCUT2D eigenvalue weighted by Crippen LogP contribution is 2.03. The van der Waals surface area contributed by atoms with Crippen LogP contribution in [0.15, 0.2) is 12.4 Å². The summed E-state index contributed by atoms with van der Waals surface area (Å²) in [6.45, 7) is 2.41. The van der Waals surface area contributed by atoms with E-state index >= 15 is 0 Å². The summed E-state index contributed by atoms with van der Waals surface area (Å²) in [5.74, 6) is 0.219. The van der Waals surface area contributed by atoms with Gasteiger partial charge < -0.3 is 10.1 Å². The van der Waals surface area contributed by atoms with Gasteiger partial charge in [0.25, 0.3) is 0 Å². The molecule has 1 atom stereocenters. The number of nitrogens with one attached hydrogen (secondary N) is 1. The van der Waals surface area contributed by atoms with Crippen molar-refractivity contribution in [3.8, 4) is 0 Å². The van der Waals surface area contributed by atoms with E-state index in [0.717, 1.165) is 13.1 Å². The van der Waals surface area contributed by atoms with Gasteiger partial charge in [0.05, 0.1) is 25.1 Å². The fourth-order valence-corrected chi connectivity index (χ4v) is 1.40. The van der Waals surface area contributed by atoms with Crippen molar-refractivity contribution in [3.63, 3.8) is 0 Å². The summed E-state index contributed by atoms with van der Waals surface area (Å²) in [6.07, 6.45) is 3.10. The molecule has 1 aromatic heterocycles. The molecule has 0 amide bonds. The van der Waals surface area contributed by atoms with E-state index < -0.39 is 5.82 Å². The topological polar surface area (TPSA) is 47.0 Å². The van der Waals surface area contributed by atoms with Crippen molar-refractivity contribution >= 4 is 0 Å². The smallest absolute Gasteiger partial charge is 0.159 e. The average Bonchev–Trinajstić information content (AvgIpc) is 2.23. The predicted molar refractivity (Wildman–Crippen MR) is 48.3 cm³/mol. The van der Waals surface area contributed by atoms with Crippen LogP contribution in [0.1, 0.15) is 5.82 Å². The summed E-state index contributed by atoms with van der Waals surface area (Å²) in [5, 5.41) is 3.21. The van der Waals surface area contributed by atoms with E-state index in [2.05, 4.69) is 15.3 Å². The van der Waals surface area contributed by atoms with E-state index in [0.29, 0.717) is 18.9 Å². The van der Waals surface area contributed by atoms with Gasteiger partial charge in [-0.1, -0.05) is 0 Å². The molecule has 0 aromatic carbocycles. The first-order chi connectivity index (χ1) is 6.84.